The van der Waals surface area contributed by atoms with Crippen LogP contribution in [-0.4, -0.2) is 29.6 Å². The summed E-state index contributed by atoms with van der Waals surface area (Å²) in [4.78, 5) is 12.1. The molecular formula is C16H26N4. The molecular weight excluding hydrogens is 248 g/mol. The molecule has 0 amide bonds. The molecule has 1 aliphatic heterocycles. The van der Waals surface area contributed by atoms with Gasteiger partial charge in [0.25, 0.3) is 0 Å². The maximum absolute atomic E-state index is 4.92. The van der Waals surface area contributed by atoms with Gasteiger partial charge in [-0.25, -0.2) is 9.97 Å². The zero-order valence-corrected chi connectivity index (χ0v) is 13.1. The van der Waals surface area contributed by atoms with Crippen molar-refractivity contribution in [3.63, 3.8) is 0 Å². The number of hydrogen-bond donors (Lipinski definition) is 1. The Balaban J connectivity index is 1.96. The van der Waals surface area contributed by atoms with Gasteiger partial charge in [-0.05, 0) is 45.4 Å². The van der Waals surface area contributed by atoms with Crippen molar-refractivity contribution in [2.45, 2.75) is 58.4 Å². The van der Waals surface area contributed by atoms with E-state index >= 15 is 0 Å². The van der Waals surface area contributed by atoms with Crippen molar-refractivity contribution < 1.29 is 0 Å². The minimum absolute atomic E-state index is 0.573. The number of rotatable bonds is 3. The lowest BCUT2D eigenvalue weighted by molar-refractivity contribution is 0.375. The molecule has 1 aromatic heterocycles. The average Bonchev–Trinajstić information content (AvgIpc) is 3.24. The third-order valence-electron chi connectivity index (χ3n) is 4.73. The van der Waals surface area contributed by atoms with Crippen molar-refractivity contribution in [1.29, 1.82) is 0 Å². The molecule has 1 saturated carbocycles. The van der Waals surface area contributed by atoms with E-state index in [0.29, 0.717) is 12.0 Å². The molecule has 2 heterocycles. The minimum atomic E-state index is 0.573. The number of nitrogens with one attached hydrogen (secondary N) is 1. The fourth-order valence-electron chi connectivity index (χ4n) is 3.29. The Bertz CT molecular complexity index is 495. The molecule has 1 saturated heterocycles. The van der Waals surface area contributed by atoms with Crippen LogP contribution in [0, 0.1) is 12.8 Å². The second-order valence-corrected chi connectivity index (χ2v) is 6.58. The van der Waals surface area contributed by atoms with E-state index in [1.54, 1.807) is 0 Å². The molecule has 0 spiro atoms. The second kappa shape index (κ2) is 5.23. The first-order valence-electron chi connectivity index (χ1n) is 7.93. The van der Waals surface area contributed by atoms with Crippen LogP contribution in [0.1, 0.15) is 56.8 Å². The van der Waals surface area contributed by atoms with Crippen molar-refractivity contribution in [1.82, 2.24) is 9.97 Å². The van der Waals surface area contributed by atoms with Crippen LogP contribution >= 0.6 is 0 Å². The summed E-state index contributed by atoms with van der Waals surface area (Å²) in [7, 11) is 1.96. The minimum Gasteiger partial charge on any atom is -0.373 e. The van der Waals surface area contributed by atoms with E-state index < -0.39 is 0 Å². The molecule has 0 bridgehead atoms. The lowest BCUT2D eigenvalue weighted by Gasteiger charge is -2.38. The maximum atomic E-state index is 4.92. The zero-order valence-electron chi connectivity index (χ0n) is 13.1. The lowest BCUT2D eigenvalue weighted by Crippen LogP contribution is -2.41. The van der Waals surface area contributed by atoms with Crippen LogP contribution in [0.25, 0.3) is 0 Å². The molecule has 3 rings (SSSR count). The quantitative estimate of drug-likeness (QED) is 0.918. The molecule has 20 heavy (non-hydrogen) atoms. The smallest absolute Gasteiger partial charge is 0.137 e. The standard InChI is InChI=1S/C16H26N4/c1-10-7-8-20(11(2)9-10)16-12(3)14(17-4)18-15(19-16)13-5-6-13/h10-11,13H,5-9H2,1-4H3,(H,17,18,19). The van der Waals surface area contributed by atoms with Gasteiger partial charge in [-0.3, -0.25) is 0 Å². The molecule has 0 aromatic carbocycles. The van der Waals surface area contributed by atoms with E-state index in [1.807, 2.05) is 7.05 Å². The van der Waals surface area contributed by atoms with E-state index in [2.05, 4.69) is 31.0 Å². The molecule has 1 aliphatic carbocycles. The molecule has 4 heteroatoms. The second-order valence-electron chi connectivity index (χ2n) is 6.58. The fraction of sp³-hybridized carbons (Fsp3) is 0.750. The van der Waals surface area contributed by atoms with Crippen molar-refractivity contribution in [3.05, 3.63) is 11.4 Å². The van der Waals surface area contributed by atoms with Crippen molar-refractivity contribution in [3.8, 4) is 0 Å². The van der Waals surface area contributed by atoms with Crippen LogP contribution in [0.5, 0.6) is 0 Å². The molecule has 1 aromatic rings. The normalized spacial score (nSPS) is 26.7. The first-order valence-corrected chi connectivity index (χ1v) is 7.93. The molecule has 110 valence electrons. The Morgan fingerprint density at radius 3 is 2.50 bits per heavy atom. The number of nitrogens with zero attached hydrogens (tertiary/aromatic N) is 3. The van der Waals surface area contributed by atoms with Gasteiger partial charge in [-0.1, -0.05) is 6.92 Å². The molecule has 2 fully saturated rings. The Morgan fingerprint density at radius 1 is 1.15 bits per heavy atom. The summed E-state index contributed by atoms with van der Waals surface area (Å²) in [5.74, 6) is 4.63. The van der Waals surface area contributed by atoms with Crippen LogP contribution in [0.2, 0.25) is 0 Å². The van der Waals surface area contributed by atoms with Crippen LogP contribution in [0.15, 0.2) is 0 Å². The zero-order chi connectivity index (χ0) is 14.3. The lowest BCUT2D eigenvalue weighted by atomic mass is 9.93. The highest BCUT2D eigenvalue weighted by molar-refractivity contribution is 5.59. The monoisotopic (exact) mass is 274 g/mol. The maximum Gasteiger partial charge on any atom is 0.137 e. The molecule has 2 unspecified atom stereocenters. The van der Waals surface area contributed by atoms with E-state index in [1.165, 1.54) is 31.2 Å². The summed E-state index contributed by atoms with van der Waals surface area (Å²) in [6.45, 7) is 7.94. The number of anilines is 2. The number of aromatic nitrogens is 2. The van der Waals surface area contributed by atoms with E-state index in [9.17, 15) is 0 Å². The van der Waals surface area contributed by atoms with Gasteiger partial charge in [-0.2, -0.15) is 0 Å². The van der Waals surface area contributed by atoms with Crippen molar-refractivity contribution in [2.24, 2.45) is 5.92 Å². The van der Waals surface area contributed by atoms with Crippen LogP contribution in [0.4, 0.5) is 11.6 Å². The fourth-order valence-corrected chi connectivity index (χ4v) is 3.29. The summed E-state index contributed by atoms with van der Waals surface area (Å²) >= 11 is 0. The highest BCUT2D eigenvalue weighted by Gasteiger charge is 2.31. The van der Waals surface area contributed by atoms with Crippen LogP contribution in [0.3, 0.4) is 0 Å². The van der Waals surface area contributed by atoms with Gasteiger partial charge in [0.2, 0.25) is 0 Å². The molecule has 2 atom stereocenters. The first-order chi connectivity index (χ1) is 9.60. The van der Waals surface area contributed by atoms with E-state index in [-0.39, 0.29) is 0 Å². The van der Waals surface area contributed by atoms with Gasteiger partial charge < -0.3 is 10.2 Å². The number of piperidine rings is 1. The van der Waals surface area contributed by atoms with E-state index in [4.69, 9.17) is 9.97 Å². The summed E-state index contributed by atoms with van der Waals surface area (Å²) in [5.41, 5.74) is 1.19. The highest BCUT2D eigenvalue weighted by Crippen LogP contribution is 2.40. The summed E-state index contributed by atoms with van der Waals surface area (Å²) in [6.07, 6.45) is 5.02. The predicted molar refractivity (Wildman–Crippen MR) is 83.5 cm³/mol. The predicted octanol–water partition coefficient (Wildman–Crippen LogP) is 3.33. The third-order valence-corrected chi connectivity index (χ3v) is 4.73. The summed E-state index contributed by atoms with van der Waals surface area (Å²) in [6, 6.07) is 0.573. The largest absolute Gasteiger partial charge is 0.373 e. The van der Waals surface area contributed by atoms with Gasteiger partial charge in [-0.15, -0.1) is 0 Å². The topological polar surface area (TPSA) is 41.1 Å². The van der Waals surface area contributed by atoms with Gasteiger partial charge in [0.15, 0.2) is 0 Å². The Kier molecular flexibility index (Phi) is 3.57. The molecule has 0 radical (unpaired) electrons. The van der Waals surface area contributed by atoms with Crippen molar-refractivity contribution >= 4 is 11.6 Å². The van der Waals surface area contributed by atoms with Crippen LogP contribution < -0.4 is 10.2 Å². The molecule has 2 aliphatic rings. The number of hydrogen-bond acceptors (Lipinski definition) is 4. The Morgan fingerprint density at radius 2 is 1.90 bits per heavy atom. The van der Waals surface area contributed by atoms with Gasteiger partial charge >= 0.3 is 0 Å². The summed E-state index contributed by atoms with van der Waals surface area (Å²) in [5, 5.41) is 3.24. The van der Waals surface area contributed by atoms with Gasteiger partial charge in [0.1, 0.15) is 17.5 Å². The highest BCUT2D eigenvalue weighted by atomic mass is 15.2. The molecule has 1 N–H and O–H groups in total. The SMILES string of the molecule is CNc1nc(C2CC2)nc(N2CCC(C)CC2C)c1C. The van der Waals surface area contributed by atoms with Gasteiger partial charge in [0, 0.05) is 31.1 Å². The molecule has 4 nitrogen and oxygen atoms in total. The first kappa shape index (κ1) is 13.7. The van der Waals surface area contributed by atoms with Crippen LogP contribution in [-0.2, 0) is 0 Å². The van der Waals surface area contributed by atoms with E-state index in [0.717, 1.165) is 29.9 Å². The third kappa shape index (κ3) is 2.48. The summed E-state index contributed by atoms with van der Waals surface area (Å²) < 4.78 is 0. The average molecular weight is 274 g/mol. The Hall–Kier alpha value is -1.32. The van der Waals surface area contributed by atoms with Crippen molar-refractivity contribution in [2.75, 3.05) is 23.8 Å². The van der Waals surface area contributed by atoms with Gasteiger partial charge in [0.05, 0.1) is 0 Å². The Labute approximate surface area is 122 Å².